The molecule has 6 nitrogen and oxygen atoms in total. The molecule has 1 amide bonds. The molecule has 0 unspecified atom stereocenters. The third-order valence-corrected chi connectivity index (χ3v) is 3.92. The normalized spacial score (nSPS) is 12.0. The van der Waals surface area contributed by atoms with Gasteiger partial charge in [-0.25, -0.2) is 14.2 Å². The molecule has 0 aliphatic carbocycles. The zero-order chi connectivity index (χ0) is 22.1. The Kier molecular flexibility index (Phi) is 6.27. The van der Waals surface area contributed by atoms with Gasteiger partial charge in [0.15, 0.2) is 0 Å². The molecule has 2 rings (SSSR count). The first-order valence-corrected chi connectivity index (χ1v) is 8.68. The summed E-state index contributed by atoms with van der Waals surface area (Å²) in [4.78, 5) is 28.4. The maximum absolute atomic E-state index is 14.3. The number of aryl methyl sites for hydroxylation is 1. The summed E-state index contributed by atoms with van der Waals surface area (Å²) >= 11 is 5.58. The lowest BCUT2D eigenvalue weighted by atomic mass is 10.1. The second-order valence-corrected chi connectivity index (χ2v) is 7.57. The van der Waals surface area contributed by atoms with Crippen molar-refractivity contribution in [2.75, 3.05) is 5.32 Å². The lowest BCUT2D eigenvalue weighted by Crippen LogP contribution is -2.32. The van der Waals surface area contributed by atoms with Gasteiger partial charge in [-0.2, -0.15) is 13.2 Å². The highest BCUT2D eigenvalue weighted by atomic mass is 35.5. The average Bonchev–Trinajstić information content (AvgIpc) is 2.55. The van der Waals surface area contributed by atoms with Crippen molar-refractivity contribution in [2.45, 2.75) is 46.0 Å². The molecule has 0 radical (unpaired) electrons. The number of nitrogens with one attached hydrogen (secondary N) is 1. The van der Waals surface area contributed by atoms with Crippen LogP contribution in [0.15, 0.2) is 23.1 Å². The van der Waals surface area contributed by atoms with E-state index in [-0.39, 0.29) is 11.5 Å². The summed E-state index contributed by atoms with van der Waals surface area (Å²) in [5.74, 6) is -0.992. The van der Waals surface area contributed by atoms with Crippen molar-refractivity contribution in [1.82, 2.24) is 9.55 Å². The van der Waals surface area contributed by atoms with Crippen molar-refractivity contribution in [1.29, 1.82) is 0 Å². The fourth-order valence-corrected chi connectivity index (χ4v) is 2.59. The second-order valence-electron chi connectivity index (χ2n) is 7.17. The van der Waals surface area contributed by atoms with Crippen LogP contribution in [0.1, 0.15) is 37.7 Å². The Morgan fingerprint density at radius 2 is 1.90 bits per heavy atom. The smallest absolute Gasteiger partial charge is 0.416 e. The van der Waals surface area contributed by atoms with Gasteiger partial charge in [0.05, 0.1) is 23.3 Å². The molecule has 29 heavy (non-hydrogen) atoms. The molecule has 1 heterocycles. The molecule has 0 saturated carbocycles. The molecule has 11 heteroatoms. The van der Waals surface area contributed by atoms with E-state index >= 15 is 0 Å². The third-order valence-electron chi connectivity index (χ3n) is 3.64. The van der Waals surface area contributed by atoms with Crippen LogP contribution in [0, 0.1) is 12.7 Å². The molecule has 0 saturated heterocycles. The van der Waals surface area contributed by atoms with Gasteiger partial charge >= 0.3 is 12.3 Å². The first-order valence-electron chi connectivity index (χ1n) is 8.30. The Labute approximate surface area is 168 Å². The highest BCUT2D eigenvalue weighted by Crippen LogP contribution is 2.33. The highest BCUT2D eigenvalue weighted by molar-refractivity contribution is 6.30. The summed E-state index contributed by atoms with van der Waals surface area (Å²) in [6.45, 7) is 5.71. The summed E-state index contributed by atoms with van der Waals surface area (Å²) < 4.78 is 59.2. The minimum absolute atomic E-state index is 0.0951. The number of carbonyl (C=O) groups is 1. The summed E-state index contributed by atoms with van der Waals surface area (Å²) in [5, 5.41) is 1.50. The van der Waals surface area contributed by atoms with E-state index in [9.17, 15) is 27.2 Å². The molecule has 0 spiro atoms. The summed E-state index contributed by atoms with van der Waals surface area (Å²) in [6, 6.07) is 1.04. The SMILES string of the molecule is Cc1ncc(NC(=O)OC(C)(C)C)c(=O)n1Cc1cc(C(F)(F)F)cc(Cl)c1F. The average molecular weight is 436 g/mol. The van der Waals surface area contributed by atoms with E-state index in [4.69, 9.17) is 16.3 Å². The van der Waals surface area contributed by atoms with Gasteiger partial charge in [0.25, 0.3) is 5.56 Å². The quantitative estimate of drug-likeness (QED) is 0.705. The molecule has 1 N–H and O–H groups in total. The van der Waals surface area contributed by atoms with Gasteiger partial charge in [-0.05, 0) is 39.8 Å². The zero-order valence-corrected chi connectivity index (χ0v) is 16.7. The van der Waals surface area contributed by atoms with Crippen molar-refractivity contribution in [3.63, 3.8) is 0 Å². The van der Waals surface area contributed by atoms with Crippen LogP contribution in [0.2, 0.25) is 5.02 Å². The zero-order valence-electron chi connectivity index (χ0n) is 15.9. The number of ether oxygens (including phenoxy) is 1. The summed E-state index contributed by atoms with van der Waals surface area (Å²) in [7, 11) is 0. The molecule has 1 aromatic heterocycles. The van der Waals surface area contributed by atoms with Crippen molar-refractivity contribution < 1.29 is 27.1 Å². The molecule has 2 aromatic rings. The van der Waals surface area contributed by atoms with E-state index in [1.807, 2.05) is 0 Å². The standard InChI is InChI=1S/C18H18ClF4N3O3/c1-9-24-7-13(25-16(28)29-17(2,3)4)15(27)26(9)8-10-5-11(18(21,22)23)6-12(19)14(10)20/h5-7H,8H2,1-4H3,(H,25,28). The van der Waals surface area contributed by atoms with Crippen molar-refractivity contribution >= 4 is 23.4 Å². The number of rotatable bonds is 3. The number of carbonyl (C=O) groups excluding carboxylic acids is 1. The molecule has 158 valence electrons. The van der Waals surface area contributed by atoms with Gasteiger partial charge in [0.2, 0.25) is 0 Å². The van der Waals surface area contributed by atoms with Crippen LogP contribution in [0.5, 0.6) is 0 Å². The Morgan fingerprint density at radius 1 is 1.28 bits per heavy atom. The Bertz CT molecular complexity index is 998. The van der Waals surface area contributed by atoms with E-state index in [1.54, 1.807) is 20.8 Å². The number of hydrogen-bond acceptors (Lipinski definition) is 4. The minimum atomic E-state index is -4.75. The number of nitrogens with zero attached hydrogens (tertiary/aromatic N) is 2. The number of halogens is 5. The van der Waals surface area contributed by atoms with Gasteiger partial charge in [-0.1, -0.05) is 11.6 Å². The first-order chi connectivity index (χ1) is 13.2. The fourth-order valence-electron chi connectivity index (χ4n) is 2.36. The van der Waals surface area contributed by atoms with Crippen LogP contribution < -0.4 is 10.9 Å². The van der Waals surface area contributed by atoms with E-state index in [0.29, 0.717) is 12.1 Å². The monoisotopic (exact) mass is 435 g/mol. The van der Waals surface area contributed by atoms with E-state index in [2.05, 4.69) is 10.3 Å². The van der Waals surface area contributed by atoms with E-state index in [1.165, 1.54) is 6.92 Å². The molecular formula is C18H18ClF4N3O3. The largest absolute Gasteiger partial charge is 0.444 e. The second kappa shape index (κ2) is 8.02. The van der Waals surface area contributed by atoms with Gasteiger partial charge in [0, 0.05) is 5.56 Å². The minimum Gasteiger partial charge on any atom is -0.444 e. The lowest BCUT2D eigenvalue weighted by molar-refractivity contribution is -0.137. The third kappa shape index (κ3) is 5.69. The number of aromatic nitrogens is 2. The predicted molar refractivity (Wildman–Crippen MR) is 98.6 cm³/mol. The molecular weight excluding hydrogens is 418 g/mol. The Morgan fingerprint density at radius 3 is 2.45 bits per heavy atom. The topological polar surface area (TPSA) is 73.2 Å². The Hall–Kier alpha value is -2.62. The number of benzene rings is 1. The van der Waals surface area contributed by atoms with Crippen molar-refractivity contribution in [3.8, 4) is 0 Å². The molecule has 0 aliphatic heterocycles. The highest BCUT2D eigenvalue weighted by Gasteiger charge is 2.32. The molecule has 0 fully saturated rings. The van der Waals surface area contributed by atoms with Crippen LogP contribution in [-0.2, 0) is 17.5 Å². The van der Waals surface area contributed by atoms with Crippen LogP contribution >= 0.6 is 11.6 Å². The molecule has 1 aromatic carbocycles. The number of hydrogen-bond donors (Lipinski definition) is 1. The number of alkyl halides is 3. The number of amides is 1. The van der Waals surface area contributed by atoms with E-state index < -0.39 is 51.9 Å². The van der Waals surface area contributed by atoms with Crippen LogP contribution in [0.3, 0.4) is 0 Å². The van der Waals surface area contributed by atoms with Gasteiger partial charge in [-0.3, -0.25) is 14.7 Å². The first kappa shape index (κ1) is 22.7. The molecule has 0 bridgehead atoms. The maximum Gasteiger partial charge on any atom is 0.416 e. The van der Waals surface area contributed by atoms with Crippen molar-refractivity contribution in [3.05, 3.63) is 56.5 Å². The fraction of sp³-hybridized carbons (Fsp3) is 0.389. The maximum atomic E-state index is 14.3. The van der Waals surface area contributed by atoms with Crippen molar-refractivity contribution in [2.24, 2.45) is 0 Å². The summed E-state index contributed by atoms with van der Waals surface area (Å²) in [6.07, 6.45) is -4.59. The molecule has 0 atom stereocenters. The van der Waals surface area contributed by atoms with E-state index in [0.717, 1.165) is 10.8 Å². The lowest BCUT2D eigenvalue weighted by Gasteiger charge is -2.20. The predicted octanol–water partition coefficient (Wildman–Crippen LogP) is 4.76. The molecule has 0 aliphatic rings. The van der Waals surface area contributed by atoms with Crippen LogP contribution in [0.4, 0.5) is 28.0 Å². The van der Waals surface area contributed by atoms with Gasteiger partial charge in [-0.15, -0.1) is 0 Å². The Balaban J connectivity index is 2.43. The van der Waals surface area contributed by atoms with Gasteiger partial charge < -0.3 is 4.74 Å². The van der Waals surface area contributed by atoms with Crippen LogP contribution in [-0.4, -0.2) is 21.2 Å². The van der Waals surface area contributed by atoms with Gasteiger partial charge in [0.1, 0.15) is 22.9 Å². The number of anilines is 1. The summed E-state index contributed by atoms with van der Waals surface area (Å²) in [5.41, 5.74) is -3.49. The van der Waals surface area contributed by atoms with Crippen LogP contribution in [0.25, 0.3) is 0 Å².